The van der Waals surface area contributed by atoms with E-state index in [9.17, 15) is 13.2 Å². The molecular formula is C28H35F3O2. The van der Waals surface area contributed by atoms with Gasteiger partial charge in [-0.05, 0) is 98.3 Å². The van der Waals surface area contributed by atoms with Gasteiger partial charge in [-0.15, -0.1) is 0 Å². The summed E-state index contributed by atoms with van der Waals surface area (Å²) in [5.41, 5.74) is 1.23. The molecule has 4 rings (SSSR count). The van der Waals surface area contributed by atoms with Gasteiger partial charge >= 0.3 is 0 Å². The predicted octanol–water partition coefficient (Wildman–Crippen LogP) is 8.15. The molecule has 0 heterocycles. The Morgan fingerprint density at radius 3 is 1.97 bits per heavy atom. The molecule has 2 saturated carbocycles. The first-order valence-corrected chi connectivity index (χ1v) is 12.4. The molecule has 0 aromatic heterocycles. The van der Waals surface area contributed by atoms with Crippen LogP contribution >= 0.6 is 0 Å². The maximum Gasteiger partial charge on any atom is 0.200 e. The van der Waals surface area contributed by atoms with E-state index in [4.69, 9.17) is 9.47 Å². The molecule has 0 N–H and O–H groups in total. The molecule has 0 atom stereocenters. The summed E-state index contributed by atoms with van der Waals surface area (Å²) in [7, 11) is 1.53. The van der Waals surface area contributed by atoms with Gasteiger partial charge in [0.25, 0.3) is 0 Å². The summed E-state index contributed by atoms with van der Waals surface area (Å²) in [6, 6.07) is 8.35. The van der Waals surface area contributed by atoms with Crippen LogP contribution in [0.5, 0.6) is 11.5 Å². The van der Waals surface area contributed by atoms with E-state index < -0.39 is 11.6 Å². The van der Waals surface area contributed by atoms with Crippen LogP contribution in [-0.4, -0.2) is 13.7 Å². The highest BCUT2D eigenvalue weighted by Gasteiger charge is 2.28. The van der Waals surface area contributed by atoms with Gasteiger partial charge in [0.2, 0.25) is 5.82 Å². The second-order valence-electron chi connectivity index (χ2n) is 9.82. The molecule has 2 aliphatic rings. The minimum Gasteiger partial charge on any atom is -0.497 e. The summed E-state index contributed by atoms with van der Waals surface area (Å²) in [4.78, 5) is 0. The van der Waals surface area contributed by atoms with Crippen molar-refractivity contribution in [1.29, 1.82) is 0 Å². The molecule has 33 heavy (non-hydrogen) atoms. The van der Waals surface area contributed by atoms with Crippen LogP contribution in [0.2, 0.25) is 0 Å². The fourth-order valence-electron chi connectivity index (χ4n) is 5.67. The Morgan fingerprint density at radius 1 is 0.758 bits per heavy atom. The first-order valence-electron chi connectivity index (χ1n) is 12.4. The second-order valence-corrected chi connectivity index (χ2v) is 9.82. The van der Waals surface area contributed by atoms with Gasteiger partial charge in [0.1, 0.15) is 11.6 Å². The van der Waals surface area contributed by atoms with E-state index >= 15 is 0 Å². The Balaban J connectivity index is 1.30. The Morgan fingerprint density at radius 2 is 1.36 bits per heavy atom. The van der Waals surface area contributed by atoms with Gasteiger partial charge in [0, 0.05) is 6.07 Å². The predicted molar refractivity (Wildman–Crippen MR) is 124 cm³/mol. The number of rotatable bonds is 7. The minimum atomic E-state index is -0.862. The molecule has 2 aliphatic carbocycles. The van der Waals surface area contributed by atoms with Gasteiger partial charge in [0.05, 0.1) is 13.7 Å². The van der Waals surface area contributed by atoms with Crippen LogP contribution in [0.15, 0.2) is 30.3 Å². The van der Waals surface area contributed by atoms with Crippen molar-refractivity contribution < 1.29 is 22.6 Å². The van der Waals surface area contributed by atoms with E-state index in [2.05, 4.69) is 6.92 Å². The monoisotopic (exact) mass is 460 g/mol. The van der Waals surface area contributed by atoms with Crippen LogP contribution in [0, 0.1) is 29.3 Å². The van der Waals surface area contributed by atoms with Crippen molar-refractivity contribution in [3.8, 4) is 11.5 Å². The number of hydrogen-bond donors (Lipinski definition) is 0. The molecule has 0 bridgehead atoms. The zero-order chi connectivity index (χ0) is 23.4. The van der Waals surface area contributed by atoms with E-state index in [0.717, 1.165) is 63.4 Å². The molecule has 0 unspecified atom stereocenters. The number of methoxy groups -OCH3 is 1. The third-order valence-corrected chi connectivity index (χ3v) is 7.91. The van der Waals surface area contributed by atoms with Crippen LogP contribution in [0.25, 0.3) is 0 Å². The third kappa shape index (κ3) is 5.50. The first kappa shape index (κ1) is 24.0. The van der Waals surface area contributed by atoms with Gasteiger partial charge in [-0.2, -0.15) is 4.39 Å². The normalized spacial score (nSPS) is 25.6. The van der Waals surface area contributed by atoms with Crippen LogP contribution < -0.4 is 9.47 Å². The standard InChI is InChI=1S/C28H35F3O2/c1-3-18-4-8-21(9-5-18)24-14-15-26(28(31)27(24)30)33-17-19-6-10-20(11-7-19)23-13-12-22(32-2)16-25(23)29/h12-16,18-21H,3-11,17H2,1-2H3. The van der Waals surface area contributed by atoms with Crippen LogP contribution in [0.4, 0.5) is 13.2 Å². The smallest absolute Gasteiger partial charge is 0.200 e. The molecule has 0 spiro atoms. The molecule has 0 aliphatic heterocycles. The topological polar surface area (TPSA) is 18.5 Å². The SMILES string of the molecule is CCC1CCC(c2ccc(OCC3CCC(c4ccc(OC)cc4F)CC3)c(F)c2F)CC1. The zero-order valence-electron chi connectivity index (χ0n) is 19.7. The van der Waals surface area contributed by atoms with Gasteiger partial charge in [-0.3, -0.25) is 0 Å². The van der Waals surface area contributed by atoms with Gasteiger partial charge < -0.3 is 9.47 Å². The molecular weight excluding hydrogens is 425 g/mol. The lowest BCUT2D eigenvalue weighted by Crippen LogP contribution is -2.20. The average Bonchev–Trinajstić information content (AvgIpc) is 2.85. The molecule has 0 radical (unpaired) electrons. The highest BCUT2D eigenvalue weighted by molar-refractivity contribution is 5.34. The molecule has 0 amide bonds. The first-order chi connectivity index (χ1) is 16.0. The van der Waals surface area contributed by atoms with Crippen LogP contribution in [0.1, 0.15) is 87.7 Å². The van der Waals surface area contributed by atoms with Gasteiger partial charge in [-0.1, -0.05) is 25.5 Å². The van der Waals surface area contributed by atoms with Crippen molar-refractivity contribution in [3.05, 3.63) is 58.9 Å². The fourth-order valence-corrected chi connectivity index (χ4v) is 5.67. The molecule has 2 nitrogen and oxygen atoms in total. The molecule has 0 saturated heterocycles. The molecule has 180 valence electrons. The van der Waals surface area contributed by atoms with E-state index in [1.54, 1.807) is 18.2 Å². The van der Waals surface area contributed by atoms with Crippen molar-refractivity contribution in [1.82, 2.24) is 0 Å². The average molecular weight is 461 g/mol. The summed E-state index contributed by atoms with van der Waals surface area (Å²) in [5, 5.41) is 0. The molecule has 2 aromatic carbocycles. The highest BCUT2D eigenvalue weighted by atomic mass is 19.2. The summed E-state index contributed by atoms with van der Waals surface area (Å²) in [6.45, 7) is 2.55. The fraction of sp³-hybridized carbons (Fsp3) is 0.571. The molecule has 5 heteroatoms. The summed E-state index contributed by atoms with van der Waals surface area (Å²) in [6.07, 6.45) is 8.64. The quantitative estimate of drug-likeness (QED) is 0.415. The van der Waals surface area contributed by atoms with Gasteiger partial charge in [0.15, 0.2) is 11.6 Å². The molecule has 2 fully saturated rings. The lowest BCUT2D eigenvalue weighted by molar-refractivity contribution is 0.191. The van der Waals surface area contributed by atoms with E-state index in [0.29, 0.717) is 23.8 Å². The number of ether oxygens (including phenoxy) is 2. The second kappa shape index (κ2) is 10.8. The minimum absolute atomic E-state index is 0.00168. The zero-order valence-corrected chi connectivity index (χ0v) is 19.7. The van der Waals surface area contributed by atoms with Gasteiger partial charge in [-0.25, -0.2) is 8.78 Å². The molecule has 2 aromatic rings. The van der Waals surface area contributed by atoms with Crippen molar-refractivity contribution >= 4 is 0 Å². The largest absolute Gasteiger partial charge is 0.497 e. The number of benzene rings is 2. The van der Waals surface area contributed by atoms with Crippen molar-refractivity contribution in [2.75, 3.05) is 13.7 Å². The van der Waals surface area contributed by atoms with Crippen molar-refractivity contribution in [2.24, 2.45) is 11.8 Å². The third-order valence-electron chi connectivity index (χ3n) is 7.91. The maximum absolute atomic E-state index is 14.8. The van der Waals surface area contributed by atoms with E-state index in [1.807, 2.05) is 6.07 Å². The highest BCUT2D eigenvalue weighted by Crippen LogP contribution is 2.40. The van der Waals surface area contributed by atoms with Crippen molar-refractivity contribution in [2.45, 2.75) is 76.5 Å². The van der Waals surface area contributed by atoms with E-state index in [1.165, 1.54) is 13.2 Å². The number of halogens is 3. The van der Waals surface area contributed by atoms with E-state index in [-0.39, 0.29) is 29.3 Å². The summed E-state index contributed by atoms with van der Waals surface area (Å²) >= 11 is 0. The van der Waals surface area contributed by atoms with Crippen LogP contribution in [-0.2, 0) is 0 Å². The Bertz CT molecular complexity index is 929. The summed E-state index contributed by atoms with van der Waals surface area (Å²) in [5.74, 6) is -0.0651. The summed E-state index contributed by atoms with van der Waals surface area (Å²) < 4.78 is 54.8. The lowest BCUT2D eigenvalue weighted by Gasteiger charge is -2.29. The lowest BCUT2D eigenvalue weighted by atomic mass is 9.77. The number of hydrogen-bond acceptors (Lipinski definition) is 2. The maximum atomic E-state index is 14.8. The Hall–Kier alpha value is -2.17. The van der Waals surface area contributed by atoms with Crippen LogP contribution in [0.3, 0.4) is 0 Å². The Labute approximate surface area is 195 Å². The Kier molecular flexibility index (Phi) is 7.87. The van der Waals surface area contributed by atoms with Crippen molar-refractivity contribution in [3.63, 3.8) is 0 Å².